The second-order valence-electron chi connectivity index (χ2n) is 8.60. The first-order valence-corrected chi connectivity index (χ1v) is 11.1. The zero-order chi connectivity index (χ0) is 22.5. The second kappa shape index (κ2) is 10.1. The molecular weight excluding hydrogens is 396 g/mol. The summed E-state index contributed by atoms with van der Waals surface area (Å²) in [4.78, 5) is 44.5. The number of likely N-dealkylation sites (N-methyl/N-ethyl adjacent to an activating group) is 1. The number of anilines is 1. The number of nitrogens with zero attached hydrogens (tertiary/aromatic N) is 3. The van der Waals surface area contributed by atoms with Gasteiger partial charge in [0.25, 0.3) is 0 Å². The van der Waals surface area contributed by atoms with E-state index < -0.39 is 12.0 Å². The number of ether oxygens (including phenoxy) is 1. The van der Waals surface area contributed by atoms with Crippen LogP contribution in [0.5, 0.6) is 5.75 Å². The molecule has 2 aliphatic rings. The molecule has 0 spiro atoms. The van der Waals surface area contributed by atoms with Crippen molar-refractivity contribution in [3.63, 3.8) is 0 Å². The summed E-state index contributed by atoms with van der Waals surface area (Å²) < 4.78 is 5.17. The second-order valence-corrected chi connectivity index (χ2v) is 8.60. The van der Waals surface area contributed by atoms with Crippen molar-refractivity contribution in [2.75, 3.05) is 51.8 Å². The largest absolute Gasteiger partial charge is 0.497 e. The van der Waals surface area contributed by atoms with E-state index in [2.05, 4.69) is 10.2 Å². The Bertz CT molecular complexity index is 789. The molecule has 170 valence electrons. The Morgan fingerprint density at radius 1 is 1.16 bits per heavy atom. The number of nitrogens with one attached hydrogen (secondary N) is 1. The van der Waals surface area contributed by atoms with Crippen molar-refractivity contribution in [1.82, 2.24) is 15.1 Å². The number of rotatable bonds is 7. The highest BCUT2D eigenvalue weighted by atomic mass is 16.5. The molecule has 0 saturated carbocycles. The van der Waals surface area contributed by atoms with Gasteiger partial charge < -0.3 is 24.8 Å². The lowest BCUT2D eigenvalue weighted by Crippen LogP contribution is -2.57. The van der Waals surface area contributed by atoms with Crippen LogP contribution >= 0.6 is 0 Å². The summed E-state index contributed by atoms with van der Waals surface area (Å²) in [5.74, 6) is -0.0732. The van der Waals surface area contributed by atoms with Gasteiger partial charge in [0.15, 0.2) is 0 Å². The lowest BCUT2D eigenvalue weighted by Gasteiger charge is -2.36. The summed E-state index contributed by atoms with van der Waals surface area (Å²) in [7, 11) is 3.63. The monoisotopic (exact) mass is 430 g/mol. The number of hydrogen-bond acceptors (Lipinski definition) is 5. The molecule has 8 heteroatoms. The van der Waals surface area contributed by atoms with E-state index in [4.69, 9.17) is 4.74 Å². The molecule has 3 rings (SSSR count). The third kappa shape index (κ3) is 5.36. The van der Waals surface area contributed by atoms with Gasteiger partial charge in [-0.2, -0.15) is 0 Å². The average molecular weight is 431 g/mol. The predicted octanol–water partition coefficient (Wildman–Crippen LogP) is 1.35. The number of piperazine rings is 1. The molecule has 3 unspecified atom stereocenters. The number of hydrogen-bond donors (Lipinski definition) is 1. The molecule has 0 bridgehead atoms. The summed E-state index contributed by atoms with van der Waals surface area (Å²) in [5, 5.41) is 2.99. The van der Waals surface area contributed by atoms with E-state index in [0.29, 0.717) is 25.4 Å². The van der Waals surface area contributed by atoms with Crippen LogP contribution in [0.15, 0.2) is 24.3 Å². The first kappa shape index (κ1) is 23.1. The number of amides is 3. The Morgan fingerprint density at radius 3 is 2.39 bits per heavy atom. The highest BCUT2D eigenvalue weighted by Crippen LogP contribution is 2.27. The van der Waals surface area contributed by atoms with E-state index in [1.807, 2.05) is 37.9 Å². The molecule has 0 radical (unpaired) electrons. The van der Waals surface area contributed by atoms with Gasteiger partial charge in [0.1, 0.15) is 11.8 Å². The Balaban J connectivity index is 1.65. The van der Waals surface area contributed by atoms with Crippen molar-refractivity contribution in [3.05, 3.63) is 24.3 Å². The lowest BCUT2D eigenvalue weighted by atomic mass is 9.96. The normalized spacial score (nSPS) is 21.7. The van der Waals surface area contributed by atoms with Crippen molar-refractivity contribution < 1.29 is 19.1 Å². The Morgan fingerprint density at radius 2 is 1.81 bits per heavy atom. The van der Waals surface area contributed by atoms with Crippen LogP contribution in [0, 0.1) is 11.8 Å². The molecule has 1 aromatic carbocycles. The average Bonchev–Trinajstić information content (AvgIpc) is 3.18. The summed E-state index contributed by atoms with van der Waals surface area (Å²) in [5.41, 5.74) is 0.744. The highest BCUT2D eigenvalue weighted by molar-refractivity contribution is 6.01. The molecule has 0 aliphatic carbocycles. The summed E-state index contributed by atoms with van der Waals surface area (Å²) in [6.45, 7) is 7.33. The fraction of sp³-hybridized carbons (Fsp3) is 0.609. The van der Waals surface area contributed by atoms with Crippen LogP contribution in [0.25, 0.3) is 0 Å². The molecule has 1 aromatic rings. The molecule has 0 aromatic heterocycles. The van der Waals surface area contributed by atoms with Gasteiger partial charge in [-0.3, -0.25) is 14.4 Å². The fourth-order valence-corrected chi connectivity index (χ4v) is 4.07. The van der Waals surface area contributed by atoms with E-state index in [-0.39, 0.29) is 30.1 Å². The smallest absolute Gasteiger partial charge is 0.245 e. The van der Waals surface area contributed by atoms with Gasteiger partial charge in [-0.15, -0.1) is 0 Å². The molecule has 1 N–H and O–H groups in total. The van der Waals surface area contributed by atoms with Crippen LogP contribution in [0.2, 0.25) is 0 Å². The van der Waals surface area contributed by atoms with Gasteiger partial charge in [-0.1, -0.05) is 20.3 Å². The third-order valence-electron chi connectivity index (χ3n) is 6.47. The maximum atomic E-state index is 13.2. The topological polar surface area (TPSA) is 82.2 Å². The number of carbonyl (C=O) groups is 3. The first-order chi connectivity index (χ1) is 14.8. The van der Waals surface area contributed by atoms with Crippen molar-refractivity contribution >= 4 is 23.4 Å². The molecule has 3 amide bonds. The highest BCUT2D eigenvalue weighted by Gasteiger charge is 2.38. The molecule has 2 aliphatic heterocycles. The Hall–Kier alpha value is -2.61. The predicted molar refractivity (Wildman–Crippen MR) is 119 cm³/mol. The van der Waals surface area contributed by atoms with Crippen LogP contribution < -0.4 is 15.0 Å². The third-order valence-corrected chi connectivity index (χ3v) is 6.47. The fourth-order valence-electron chi connectivity index (χ4n) is 4.07. The van der Waals surface area contributed by atoms with Crippen molar-refractivity contribution in [3.8, 4) is 5.75 Å². The van der Waals surface area contributed by atoms with E-state index in [0.717, 1.165) is 25.2 Å². The Labute approximate surface area is 184 Å². The Kier molecular flexibility index (Phi) is 7.54. The lowest BCUT2D eigenvalue weighted by molar-refractivity contribution is -0.140. The van der Waals surface area contributed by atoms with Gasteiger partial charge in [-0.05, 0) is 37.2 Å². The van der Waals surface area contributed by atoms with Crippen LogP contribution in [-0.4, -0.2) is 80.4 Å². The number of carbonyl (C=O) groups excluding carboxylic acids is 3. The zero-order valence-corrected chi connectivity index (χ0v) is 19.0. The van der Waals surface area contributed by atoms with Gasteiger partial charge in [0.05, 0.1) is 13.0 Å². The SMILES string of the molecule is CCC(C)C(NC(=O)C1CC(=O)N(c2ccc(OC)cc2)C1)C(=O)N1CCN(C)CC1. The molecule has 2 saturated heterocycles. The maximum absolute atomic E-state index is 13.2. The summed E-state index contributed by atoms with van der Waals surface area (Å²) in [6, 6.07) is 6.66. The standard InChI is InChI=1S/C23H34N4O4/c1-5-16(2)21(23(30)26-12-10-25(3)11-13-26)24-22(29)17-14-20(28)27(15-17)18-6-8-19(31-4)9-7-18/h6-9,16-17,21H,5,10-15H2,1-4H3,(H,24,29). The molecule has 8 nitrogen and oxygen atoms in total. The molecule has 31 heavy (non-hydrogen) atoms. The van der Waals surface area contributed by atoms with Crippen molar-refractivity contribution in [2.45, 2.75) is 32.7 Å². The van der Waals surface area contributed by atoms with E-state index in [1.165, 1.54) is 0 Å². The number of benzene rings is 1. The van der Waals surface area contributed by atoms with Crippen LogP contribution in [0.1, 0.15) is 26.7 Å². The van der Waals surface area contributed by atoms with Crippen molar-refractivity contribution in [1.29, 1.82) is 0 Å². The van der Waals surface area contributed by atoms with Crippen molar-refractivity contribution in [2.24, 2.45) is 11.8 Å². The van der Waals surface area contributed by atoms with Gasteiger partial charge >= 0.3 is 0 Å². The molecular formula is C23H34N4O4. The quantitative estimate of drug-likeness (QED) is 0.706. The minimum atomic E-state index is -0.564. The van der Waals surface area contributed by atoms with E-state index >= 15 is 0 Å². The zero-order valence-electron chi connectivity index (χ0n) is 19.0. The van der Waals surface area contributed by atoms with Gasteiger partial charge in [-0.25, -0.2) is 0 Å². The number of methoxy groups -OCH3 is 1. The van der Waals surface area contributed by atoms with Gasteiger partial charge in [0.2, 0.25) is 17.7 Å². The minimum Gasteiger partial charge on any atom is -0.497 e. The maximum Gasteiger partial charge on any atom is 0.245 e. The minimum absolute atomic E-state index is 0.0194. The van der Waals surface area contributed by atoms with Crippen LogP contribution in [-0.2, 0) is 14.4 Å². The molecule has 2 heterocycles. The molecule has 2 fully saturated rings. The van der Waals surface area contributed by atoms with E-state index in [1.54, 1.807) is 24.1 Å². The van der Waals surface area contributed by atoms with E-state index in [9.17, 15) is 14.4 Å². The van der Waals surface area contributed by atoms with Crippen LogP contribution in [0.3, 0.4) is 0 Å². The van der Waals surface area contributed by atoms with Crippen LogP contribution in [0.4, 0.5) is 5.69 Å². The summed E-state index contributed by atoms with van der Waals surface area (Å²) >= 11 is 0. The first-order valence-electron chi connectivity index (χ1n) is 11.1. The molecule has 3 atom stereocenters. The van der Waals surface area contributed by atoms with Gasteiger partial charge in [0, 0.05) is 44.8 Å². The summed E-state index contributed by atoms with van der Waals surface area (Å²) in [6.07, 6.45) is 0.930.